The Balaban J connectivity index is 2.37. The number of carboxylic acid groups (broad SMARTS) is 1. The van der Waals surface area contributed by atoms with E-state index in [9.17, 15) is 4.79 Å². The van der Waals surface area contributed by atoms with Gasteiger partial charge in [0.25, 0.3) is 0 Å². The Morgan fingerprint density at radius 2 is 2.45 bits per heavy atom. The minimum Gasteiger partial charge on any atom is -0.481 e. The van der Waals surface area contributed by atoms with Gasteiger partial charge in [0.15, 0.2) is 0 Å². The number of likely N-dealkylation sites (tertiary alicyclic amines) is 1. The molecule has 0 spiro atoms. The summed E-state index contributed by atoms with van der Waals surface area (Å²) in [4.78, 5) is 12.1. The molecular weight excluding hydrogens is 144 g/mol. The van der Waals surface area contributed by atoms with Crippen LogP contribution in [0.15, 0.2) is 12.4 Å². The molecule has 0 saturated carbocycles. The zero-order valence-electron chi connectivity index (χ0n) is 6.29. The molecular formula is C7H12N2O2. The van der Waals surface area contributed by atoms with Crippen LogP contribution in [0.2, 0.25) is 0 Å². The summed E-state index contributed by atoms with van der Waals surface area (Å²) in [5, 5.41) is 8.45. The summed E-state index contributed by atoms with van der Waals surface area (Å²) in [5.74, 6) is -0.302. The van der Waals surface area contributed by atoms with E-state index in [0.717, 1.165) is 13.0 Å². The molecule has 4 nitrogen and oxygen atoms in total. The average Bonchev–Trinajstić information content (AvgIpc) is 1.78. The van der Waals surface area contributed by atoms with Crippen LogP contribution in [0.4, 0.5) is 0 Å². The average molecular weight is 156 g/mol. The zero-order valence-corrected chi connectivity index (χ0v) is 6.29. The summed E-state index contributed by atoms with van der Waals surface area (Å²) in [7, 11) is 0. The van der Waals surface area contributed by atoms with Crippen molar-refractivity contribution in [1.82, 2.24) is 4.90 Å². The summed E-state index contributed by atoms with van der Waals surface area (Å²) in [6.45, 7) is 4.39. The van der Waals surface area contributed by atoms with Gasteiger partial charge in [-0.25, -0.2) is 0 Å². The third-order valence-electron chi connectivity index (χ3n) is 1.92. The first-order chi connectivity index (χ1) is 5.11. The van der Waals surface area contributed by atoms with E-state index in [4.69, 9.17) is 10.8 Å². The van der Waals surface area contributed by atoms with Gasteiger partial charge in [-0.2, -0.15) is 0 Å². The molecule has 0 amide bonds. The zero-order chi connectivity index (χ0) is 8.43. The fourth-order valence-electron chi connectivity index (χ4n) is 1.23. The number of hydrogen-bond donors (Lipinski definition) is 2. The molecule has 0 radical (unpaired) electrons. The van der Waals surface area contributed by atoms with Gasteiger partial charge in [-0.1, -0.05) is 6.58 Å². The molecule has 1 aliphatic rings. The summed E-state index contributed by atoms with van der Waals surface area (Å²) in [5.41, 5.74) is 5.40. The summed E-state index contributed by atoms with van der Waals surface area (Å²) >= 11 is 0. The molecule has 0 aromatic rings. The van der Waals surface area contributed by atoms with Gasteiger partial charge < -0.3 is 15.7 Å². The van der Waals surface area contributed by atoms with Crippen molar-refractivity contribution in [3.8, 4) is 0 Å². The van der Waals surface area contributed by atoms with Crippen LogP contribution in [0, 0.1) is 0 Å². The van der Waals surface area contributed by atoms with Crippen molar-refractivity contribution >= 4 is 5.97 Å². The summed E-state index contributed by atoms with van der Waals surface area (Å²) < 4.78 is 0. The lowest BCUT2D eigenvalue weighted by molar-refractivity contribution is -0.139. The molecule has 1 heterocycles. The molecule has 0 aliphatic carbocycles. The minimum absolute atomic E-state index is 0.0741. The second kappa shape index (κ2) is 2.82. The number of carbonyl (C=O) groups is 1. The maximum absolute atomic E-state index is 10.3. The normalized spacial score (nSPS) is 22.5. The molecule has 3 N–H and O–H groups in total. The number of rotatable bonds is 3. The molecule has 0 aromatic heterocycles. The Labute approximate surface area is 65.3 Å². The topological polar surface area (TPSA) is 66.6 Å². The van der Waals surface area contributed by atoms with Gasteiger partial charge in [-0.05, 0) is 6.42 Å². The molecule has 0 unspecified atom stereocenters. The molecule has 1 aliphatic heterocycles. The van der Waals surface area contributed by atoms with Crippen molar-refractivity contribution in [2.45, 2.75) is 18.9 Å². The van der Waals surface area contributed by atoms with Crippen LogP contribution >= 0.6 is 0 Å². The molecule has 62 valence electrons. The summed E-state index contributed by atoms with van der Waals surface area (Å²) in [6, 6.07) is 0.0741. The molecule has 4 heteroatoms. The van der Waals surface area contributed by atoms with Gasteiger partial charge in [-0.15, -0.1) is 0 Å². The predicted octanol–water partition coefficient (Wildman–Crippen LogP) is -0.0347. The first-order valence-electron chi connectivity index (χ1n) is 3.54. The predicted molar refractivity (Wildman–Crippen MR) is 40.7 cm³/mol. The molecule has 0 aromatic carbocycles. The number of nitrogens with two attached hydrogens (primary N) is 1. The van der Waals surface area contributed by atoms with E-state index in [1.54, 1.807) is 0 Å². The van der Waals surface area contributed by atoms with Crippen LogP contribution in [0.3, 0.4) is 0 Å². The van der Waals surface area contributed by atoms with Gasteiger partial charge in [0.2, 0.25) is 0 Å². The Kier molecular flexibility index (Phi) is 2.03. The van der Waals surface area contributed by atoms with E-state index < -0.39 is 5.97 Å². The molecule has 1 fully saturated rings. The van der Waals surface area contributed by atoms with E-state index >= 15 is 0 Å². The standard InChI is InChI=1S/C7H12N2O2/c1-5(8)9-3-2-6(9)4-7(10)11/h6H,1-4,8H2,(H,10,11)/t6-/m0/s1. The van der Waals surface area contributed by atoms with Crippen LogP contribution < -0.4 is 5.73 Å². The molecule has 1 atom stereocenters. The Bertz CT molecular complexity index is 191. The third kappa shape index (κ3) is 1.63. The van der Waals surface area contributed by atoms with Crippen LogP contribution in [-0.4, -0.2) is 28.6 Å². The van der Waals surface area contributed by atoms with Crippen molar-refractivity contribution in [2.24, 2.45) is 5.73 Å². The lowest BCUT2D eigenvalue weighted by Crippen LogP contribution is -2.49. The number of carboxylic acids is 1. The van der Waals surface area contributed by atoms with Gasteiger partial charge >= 0.3 is 5.97 Å². The van der Waals surface area contributed by atoms with Crippen LogP contribution in [0.1, 0.15) is 12.8 Å². The van der Waals surface area contributed by atoms with E-state index in [0.29, 0.717) is 5.82 Å². The highest BCUT2D eigenvalue weighted by atomic mass is 16.4. The first kappa shape index (κ1) is 7.91. The van der Waals surface area contributed by atoms with Crippen LogP contribution in [-0.2, 0) is 4.79 Å². The van der Waals surface area contributed by atoms with Crippen molar-refractivity contribution in [3.63, 3.8) is 0 Å². The number of aliphatic carboxylic acids is 1. The van der Waals surface area contributed by atoms with Crippen molar-refractivity contribution < 1.29 is 9.90 Å². The van der Waals surface area contributed by atoms with Gasteiger partial charge in [0, 0.05) is 12.6 Å². The Hall–Kier alpha value is -1.19. The Morgan fingerprint density at radius 1 is 1.82 bits per heavy atom. The maximum atomic E-state index is 10.3. The van der Waals surface area contributed by atoms with E-state index in [1.165, 1.54) is 0 Å². The van der Waals surface area contributed by atoms with Gasteiger partial charge in [-0.3, -0.25) is 4.79 Å². The fraction of sp³-hybridized carbons (Fsp3) is 0.571. The van der Waals surface area contributed by atoms with Gasteiger partial charge in [0.1, 0.15) is 0 Å². The molecule has 1 saturated heterocycles. The molecule has 1 rings (SSSR count). The van der Waals surface area contributed by atoms with Crippen molar-refractivity contribution in [2.75, 3.05) is 6.54 Å². The third-order valence-corrected chi connectivity index (χ3v) is 1.92. The quantitative estimate of drug-likeness (QED) is 0.602. The molecule has 0 bridgehead atoms. The highest BCUT2D eigenvalue weighted by molar-refractivity contribution is 5.67. The van der Waals surface area contributed by atoms with E-state index in [-0.39, 0.29) is 12.5 Å². The van der Waals surface area contributed by atoms with Crippen LogP contribution in [0.25, 0.3) is 0 Å². The smallest absolute Gasteiger partial charge is 0.305 e. The minimum atomic E-state index is -0.777. The van der Waals surface area contributed by atoms with Gasteiger partial charge in [0.05, 0.1) is 12.2 Å². The van der Waals surface area contributed by atoms with Crippen molar-refractivity contribution in [3.05, 3.63) is 12.4 Å². The van der Waals surface area contributed by atoms with Crippen LogP contribution in [0.5, 0.6) is 0 Å². The second-order valence-electron chi connectivity index (χ2n) is 2.73. The largest absolute Gasteiger partial charge is 0.481 e. The highest BCUT2D eigenvalue weighted by Crippen LogP contribution is 2.22. The summed E-state index contributed by atoms with van der Waals surface area (Å²) in [6.07, 6.45) is 1.07. The highest BCUT2D eigenvalue weighted by Gasteiger charge is 2.29. The van der Waals surface area contributed by atoms with E-state index in [1.807, 2.05) is 4.90 Å². The lowest BCUT2D eigenvalue weighted by Gasteiger charge is -2.41. The monoisotopic (exact) mass is 156 g/mol. The maximum Gasteiger partial charge on any atom is 0.305 e. The lowest BCUT2D eigenvalue weighted by atomic mass is 10.0. The van der Waals surface area contributed by atoms with E-state index in [2.05, 4.69) is 6.58 Å². The molecule has 11 heavy (non-hydrogen) atoms. The Morgan fingerprint density at radius 3 is 2.73 bits per heavy atom. The number of nitrogens with zero attached hydrogens (tertiary/aromatic N) is 1. The fourth-order valence-corrected chi connectivity index (χ4v) is 1.23. The second-order valence-corrected chi connectivity index (χ2v) is 2.73. The van der Waals surface area contributed by atoms with Crippen molar-refractivity contribution in [1.29, 1.82) is 0 Å². The first-order valence-corrected chi connectivity index (χ1v) is 3.54. The SMILES string of the molecule is C=C(N)N1CC[C@H]1CC(=O)O. The number of hydrogen-bond acceptors (Lipinski definition) is 3.